The number of non-ortho nitro benzene ring substituents is 2. The van der Waals surface area contributed by atoms with E-state index in [1.165, 1.54) is 48.5 Å². The van der Waals surface area contributed by atoms with Gasteiger partial charge in [-0.2, -0.15) is 0 Å². The normalized spacial score (nSPS) is 15.1. The van der Waals surface area contributed by atoms with E-state index in [1.807, 2.05) is 0 Å². The molecule has 3 rings (SSSR count). The van der Waals surface area contributed by atoms with Gasteiger partial charge in [-0.25, -0.2) is 4.79 Å². The van der Waals surface area contributed by atoms with Gasteiger partial charge in [-0.15, -0.1) is 0 Å². The van der Waals surface area contributed by atoms with Gasteiger partial charge in [0, 0.05) is 30.0 Å². The summed E-state index contributed by atoms with van der Waals surface area (Å²) in [5.74, 6) is -1.25. The number of esters is 1. The van der Waals surface area contributed by atoms with Crippen molar-refractivity contribution >= 4 is 28.9 Å². The van der Waals surface area contributed by atoms with Crippen molar-refractivity contribution in [3.63, 3.8) is 0 Å². The van der Waals surface area contributed by atoms with Crippen LogP contribution in [-0.4, -0.2) is 27.3 Å². The van der Waals surface area contributed by atoms with Crippen molar-refractivity contribution in [2.24, 2.45) is 0 Å². The van der Waals surface area contributed by atoms with Crippen LogP contribution < -0.4 is 5.32 Å². The molecule has 2 aromatic rings. The number of nitro benzene ring substituents is 2. The average Bonchev–Trinajstić information content (AvgIpc) is 2.74. The van der Waals surface area contributed by atoms with E-state index in [4.69, 9.17) is 4.74 Å². The minimum absolute atomic E-state index is 0.105. The molecule has 0 saturated heterocycles. The molecule has 1 fully saturated rings. The van der Waals surface area contributed by atoms with Gasteiger partial charge >= 0.3 is 5.97 Å². The van der Waals surface area contributed by atoms with E-state index >= 15 is 0 Å². The van der Waals surface area contributed by atoms with Gasteiger partial charge in [-0.1, -0.05) is 6.42 Å². The number of carbonyl (C=O) groups is 2. The van der Waals surface area contributed by atoms with E-state index in [-0.39, 0.29) is 16.9 Å². The zero-order valence-electron chi connectivity index (χ0n) is 15.9. The van der Waals surface area contributed by atoms with Crippen molar-refractivity contribution in [3.05, 3.63) is 74.3 Å². The molecule has 10 nitrogen and oxygen atoms in total. The van der Waals surface area contributed by atoms with Crippen LogP contribution in [0, 0.1) is 20.2 Å². The Bertz CT molecular complexity index is 965. The van der Waals surface area contributed by atoms with Gasteiger partial charge in [0.2, 0.25) is 0 Å². The maximum absolute atomic E-state index is 13.0. The molecule has 1 aliphatic carbocycles. The molecular weight excluding hydrogens is 394 g/mol. The van der Waals surface area contributed by atoms with Crippen molar-refractivity contribution in [2.45, 2.75) is 37.7 Å². The van der Waals surface area contributed by atoms with Crippen molar-refractivity contribution in [2.75, 3.05) is 5.32 Å². The lowest BCUT2D eigenvalue weighted by Crippen LogP contribution is -2.48. The summed E-state index contributed by atoms with van der Waals surface area (Å²) < 4.78 is 5.63. The van der Waals surface area contributed by atoms with Gasteiger partial charge in [-0.3, -0.25) is 25.0 Å². The summed E-state index contributed by atoms with van der Waals surface area (Å²) in [7, 11) is 0. The van der Waals surface area contributed by atoms with Crippen LogP contribution in [0.2, 0.25) is 0 Å². The first-order valence-corrected chi connectivity index (χ1v) is 9.34. The summed E-state index contributed by atoms with van der Waals surface area (Å²) in [6, 6.07) is 10.3. The molecule has 0 radical (unpaired) electrons. The number of amides is 1. The number of nitrogens with zero attached hydrogens (tertiary/aromatic N) is 2. The number of hydrogen-bond acceptors (Lipinski definition) is 7. The Morgan fingerprint density at radius 2 is 1.33 bits per heavy atom. The number of anilines is 1. The van der Waals surface area contributed by atoms with Crippen LogP contribution in [0.4, 0.5) is 17.1 Å². The van der Waals surface area contributed by atoms with E-state index in [1.54, 1.807) is 0 Å². The monoisotopic (exact) mass is 413 g/mol. The number of nitro groups is 2. The Labute approximate surface area is 171 Å². The number of benzene rings is 2. The molecule has 0 aromatic heterocycles. The van der Waals surface area contributed by atoms with Gasteiger partial charge in [0.25, 0.3) is 17.3 Å². The maximum atomic E-state index is 13.0. The fraction of sp³-hybridized carbons (Fsp3) is 0.300. The Hall–Kier alpha value is -3.82. The summed E-state index contributed by atoms with van der Waals surface area (Å²) in [4.78, 5) is 46.1. The van der Waals surface area contributed by atoms with Gasteiger partial charge in [-0.05, 0) is 49.9 Å². The highest BCUT2D eigenvalue weighted by atomic mass is 16.6. The number of carbonyl (C=O) groups excluding carboxylic acids is 2. The molecule has 10 heteroatoms. The summed E-state index contributed by atoms with van der Waals surface area (Å²) >= 11 is 0. The standard InChI is InChI=1S/C20H19N3O7/c24-18(14-4-8-16(9-5-14)22(26)27)30-20(12-2-1-3-13-20)19(25)21-15-6-10-17(11-7-15)23(28)29/h4-11H,1-3,12-13H2,(H,21,25). The topological polar surface area (TPSA) is 142 Å². The fourth-order valence-electron chi connectivity index (χ4n) is 3.37. The van der Waals surface area contributed by atoms with E-state index < -0.39 is 27.3 Å². The third-order valence-corrected chi connectivity index (χ3v) is 5.01. The minimum Gasteiger partial charge on any atom is -0.445 e. The molecule has 0 unspecified atom stereocenters. The second kappa shape index (κ2) is 8.68. The molecule has 0 heterocycles. The summed E-state index contributed by atoms with van der Waals surface area (Å²) in [5, 5.41) is 24.2. The van der Waals surface area contributed by atoms with E-state index in [2.05, 4.69) is 5.32 Å². The zero-order chi connectivity index (χ0) is 21.7. The maximum Gasteiger partial charge on any atom is 0.339 e. The molecule has 0 aliphatic heterocycles. The molecule has 1 aliphatic rings. The molecule has 0 atom stereocenters. The molecule has 1 saturated carbocycles. The summed E-state index contributed by atoms with van der Waals surface area (Å²) in [6.45, 7) is 0. The van der Waals surface area contributed by atoms with Gasteiger partial charge in [0.15, 0.2) is 5.60 Å². The van der Waals surface area contributed by atoms with Crippen LogP contribution in [0.25, 0.3) is 0 Å². The first kappa shape index (κ1) is 20.9. The number of hydrogen-bond donors (Lipinski definition) is 1. The number of nitrogens with one attached hydrogen (secondary N) is 1. The van der Waals surface area contributed by atoms with Gasteiger partial charge in [0.05, 0.1) is 15.4 Å². The predicted octanol–water partition coefficient (Wildman–Crippen LogP) is 4.00. The SMILES string of the molecule is O=C(OC1(C(=O)Nc2ccc([N+](=O)[O-])cc2)CCCCC1)c1ccc([N+](=O)[O-])cc1. The molecular formula is C20H19N3O7. The van der Waals surface area contributed by atoms with Crippen LogP contribution in [-0.2, 0) is 9.53 Å². The van der Waals surface area contributed by atoms with Crippen LogP contribution in [0.5, 0.6) is 0 Å². The minimum atomic E-state index is -1.38. The Morgan fingerprint density at radius 3 is 1.83 bits per heavy atom. The number of rotatable bonds is 6. The third-order valence-electron chi connectivity index (χ3n) is 5.01. The smallest absolute Gasteiger partial charge is 0.339 e. The van der Waals surface area contributed by atoms with Crippen molar-refractivity contribution in [1.29, 1.82) is 0 Å². The lowest BCUT2D eigenvalue weighted by Gasteiger charge is -2.35. The van der Waals surface area contributed by atoms with E-state index in [9.17, 15) is 29.8 Å². The second-order valence-corrected chi connectivity index (χ2v) is 7.01. The first-order chi connectivity index (χ1) is 14.3. The predicted molar refractivity (Wildman–Crippen MR) is 106 cm³/mol. The summed E-state index contributed by atoms with van der Waals surface area (Å²) in [6.07, 6.45) is 2.97. The van der Waals surface area contributed by atoms with Crippen LogP contribution in [0.15, 0.2) is 48.5 Å². The molecule has 30 heavy (non-hydrogen) atoms. The lowest BCUT2D eigenvalue weighted by atomic mass is 9.83. The molecule has 1 amide bonds. The average molecular weight is 413 g/mol. The van der Waals surface area contributed by atoms with Crippen molar-refractivity contribution in [1.82, 2.24) is 0 Å². The lowest BCUT2D eigenvalue weighted by molar-refractivity contribution is -0.385. The van der Waals surface area contributed by atoms with Gasteiger partial charge < -0.3 is 10.1 Å². The highest BCUT2D eigenvalue weighted by Gasteiger charge is 2.43. The second-order valence-electron chi connectivity index (χ2n) is 7.01. The molecule has 156 valence electrons. The van der Waals surface area contributed by atoms with E-state index in [0.29, 0.717) is 31.4 Å². The summed E-state index contributed by atoms with van der Waals surface area (Å²) in [5.41, 5.74) is -1.19. The highest BCUT2D eigenvalue weighted by Crippen LogP contribution is 2.34. The Morgan fingerprint density at radius 1 is 0.833 bits per heavy atom. The van der Waals surface area contributed by atoms with Crippen LogP contribution in [0.3, 0.4) is 0 Å². The van der Waals surface area contributed by atoms with Crippen molar-refractivity contribution in [3.8, 4) is 0 Å². The third kappa shape index (κ3) is 4.59. The molecule has 0 spiro atoms. The quantitative estimate of drug-likeness (QED) is 0.428. The van der Waals surface area contributed by atoms with Crippen molar-refractivity contribution < 1.29 is 24.2 Å². The molecule has 1 N–H and O–H groups in total. The number of ether oxygens (including phenoxy) is 1. The van der Waals surface area contributed by atoms with Crippen LogP contribution >= 0.6 is 0 Å². The molecule has 2 aromatic carbocycles. The zero-order valence-corrected chi connectivity index (χ0v) is 15.9. The Balaban J connectivity index is 1.77. The van der Waals surface area contributed by atoms with Crippen LogP contribution in [0.1, 0.15) is 42.5 Å². The fourth-order valence-corrected chi connectivity index (χ4v) is 3.37. The highest BCUT2D eigenvalue weighted by molar-refractivity contribution is 6.00. The Kier molecular flexibility index (Phi) is 6.05. The molecule has 0 bridgehead atoms. The van der Waals surface area contributed by atoms with E-state index in [0.717, 1.165) is 6.42 Å². The first-order valence-electron chi connectivity index (χ1n) is 9.34. The largest absolute Gasteiger partial charge is 0.445 e. The van der Waals surface area contributed by atoms with Gasteiger partial charge in [0.1, 0.15) is 0 Å².